The zero-order chi connectivity index (χ0) is 10.4. The van der Waals surface area contributed by atoms with Gasteiger partial charge in [0.1, 0.15) is 17.3 Å². The smallest absolute Gasteiger partial charge is 0.149 e. The molecule has 1 fully saturated rings. The Balaban J connectivity index is 2.20. The molecular formula is C12H13FN2. The molecule has 1 aromatic carbocycles. The molecule has 0 saturated heterocycles. The first-order valence-electron chi connectivity index (χ1n) is 5.40. The Labute approximate surface area is 88.0 Å². The number of para-hydroxylation sites is 1. The highest BCUT2D eigenvalue weighted by molar-refractivity contribution is 5.89. The molecule has 1 heterocycles. The maximum Gasteiger partial charge on any atom is 0.149 e. The van der Waals surface area contributed by atoms with Crippen LogP contribution < -0.4 is 5.73 Å². The largest absolute Gasteiger partial charge is 0.387 e. The van der Waals surface area contributed by atoms with Crippen molar-refractivity contribution < 1.29 is 4.39 Å². The van der Waals surface area contributed by atoms with E-state index < -0.39 is 0 Å². The highest BCUT2D eigenvalue weighted by atomic mass is 19.1. The minimum absolute atomic E-state index is 0.249. The van der Waals surface area contributed by atoms with Crippen LogP contribution in [0, 0.1) is 11.7 Å². The van der Waals surface area contributed by atoms with E-state index in [0.717, 1.165) is 18.4 Å². The number of nitrogens with zero attached hydrogens (tertiary/aromatic N) is 1. The molecule has 3 rings (SSSR count). The van der Waals surface area contributed by atoms with Gasteiger partial charge < -0.3 is 5.73 Å². The summed E-state index contributed by atoms with van der Waals surface area (Å²) in [5.41, 5.74) is 7.41. The molecule has 2 nitrogen and oxygen atoms in total. The molecule has 78 valence electrons. The molecule has 0 aromatic heterocycles. The lowest BCUT2D eigenvalue weighted by atomic mass is 9.85. The molecule has 1 aliphatic heterocycles. The second-order valence-corrected chi connectivity index (χ2v) is 4.36. The molecule has 0 spiro atoms. The third kappa shape index (κ3) is 1.19. The normalized spacial score (nSPS) is 28.2. The minimum Gasteiger partial charge on any atom is -0.387 e. The van der Waals surface area contributed by atoms with E-state index in [0.29, 0.717) is 23.4 Å². The quantitative estimate of drug-likeness (QED) is 0.693. The molecule has 2 atom stereocenters. The van der Waals surface area contributed by atoms with Gasteiger partial charge in [-0.15, -0.1) is 0 Å². The van der Waals surface area contributed by atoms with E-state index in [1.807, 2.05) is 6.07 Å². The number of halogens is 1. The van der Waals surface area contributed by atoms with Crippen molar-refractivity contribution in [2.24, 2.45) is 16.6 Å². The van der Waals surface area contributed by atoms with Gasteiger partial charge >= 0.3 is 0 Å². The molecule has 1 aromatic rings. The molecule has 0 bridgehead atoms. The fraction of sp³-hybridized carbons (Fsp3) is 0.417. The van der Waals surface area contributed by atoms with Crippen molar-refractivity contribution in [1.82, 2.24) is 0 Å². The Morgan fingerprint density at radius 1 is 1.27 bits per heavy atom. The maximum atomic E-state index is 13.5. The molecule has 2 N–H and O–H groups in total. The fourth-order valence-corrected chi connectivity index (χ4v) is 2.85. The van der Waals surface area contributed by atoms with E-state index >= 15 is 0 Å². The molecule has 0 amide bonds. The van der Waals surface area contributed by atoms with Crippen LogP contribution in [0.1, 0.15) is 30.7 Å². The van der Waals surface area contributed by atoms with E-state index in [9.17, 15) is 4.39 Å². The van der Waals surface area contributed by atoms with E-state index in [-0.39, 0.29) is 5.82 Å². The molecule has 15 heavy (non-hydrogen) atoms. The predicted molar refractivity (Wildman–Crippen MR) is 57.8 cm³/mol. The number of hydrogen-bond acceptors (Lipinski definition) is 2. The van der Waals surface area contributed by atoms with Crippen LogP contribution in [-0.2, 0) is 0 Å². The summed E-state index contributed by atoms with van der Waals surface area (Å²) in [6, 6.07) is 5.20. The molecule has 1 aliphatic carbocycles. The van der Waals surface area contributed by atoms with Crippen LogP contribution in [0.5, 0.6) is 0 Å². The van der Waals surface area contributed by atoms with Crippen molar-refractivity contribution in [3.05, 3.63) is 29.6 Å². The molecular weight excluding hydrogens is 191 g/mol. The Morgan fingerprint density at radius 3 is 2.93 bits per heavy atom. The van der Waals surface area contributed by atoms with Gasteiger partial charge in [-0.2, -0.15) is 0 Å². The van der Waals surface area contributed by atoms with Crippen LogP contribution in [0.25, 0.3) is 0 Å². The first kappa shape index (κ1) is 8.89. The Morgan fingerprint density at radius 2 is 2.07 bits per heavy atom. The number of rotatable bonds is 0. The van der Waals surface area contributed by atoms with E-state index in [1.165, 1.54) is 12.5 Å². The summed E-state index contributed by atoms with van der Waals surface area (Å²) in [6.07, 6.45) is 3.37. The number of hydrogen-bond donors (Lipinski definition) is 1. The minimum atomic E-state index is -0.249. The molecule has 0 radical (unpaired) electrons. The van der Waals surface area contributed by atoms with Gasteiger partial charge in [0.15, 0.2) is 0 Å². The average molecular weight is 204 g/mol. The summed E-state index contributed by atoms with van der Waals surface area (Å²) in [6.45, 7) is 0. The first-order valence-corrected chi connectivity index (χ1v) is 5.40. The SMILES string of the molecule is NC1=Nc2c(F)cccc2[C@H]2CCC[C@@H]12. The lowest BCUT2D eigenvalue weighted by Gasteiger charge is -2.25. The molecule has 2 aliphatic rings. The monoisotopic (exact) mass is 204 g/mol. The number of benzene rings is 1. The van der Waals surface area contributed by atoms with Gasteiger partial charge in [0.2, 0.25) is 0 Å². The number of fused-ring (bicyclic) bond motifs is 3. The summed E-state index contributed by atoms with van der Waals surface area (Å²) in [4.78, 5) is 4.21. The highest BCUT2D eigenvalue weighted by Crippen LogP contribution is 2.47. The summed E-state index contributed by atoms with van der Waals surface area (Å²) in [5, 5.41) is 0. The molecule has 0 unspecified atom stereocenters. The van der Waals surface area contributed by atoms with Crippen molar-refractivity contribution in [1.29, 1.82) is 0 Å². The van der Waals surface area contributed by atoms with Crippen LogP contribution in [0.4, 0.5) is 10.1 Å². The number of nitrogens with two attached hydrogens (primary N) is 1. The number of amidine groups is 1. The van der Waals surface area contributed by atoms with Crippen LogP contribution in [0.3, 0.4) is 0 Å². The Kier molecular flexibility index (Phi) is 1.81. The van der Waals surface area contributed by atoms with Crippen molar-refractivity contribution in [3.8, 4) is 0 Å². The van der Waals surface area contributed by atoms with Crippen LogP contribution in [-0.4, -0.2) is 5.84 Å². The van der Waals surface area contributed by atoms with Gasteiger partial charge in [0.05, 0.1) is 0 Å². The van der Waals surface area contributed by atoms with Gasteiger partial charge in [-0.25, -0.2) is 9.38 Å². The van der Waals surface area contributed by atoms with Crippen LogP contribution in [0.15, 0.2) is 23.2 Å². The van der Waals surface area contributed by atoms with Gasteiger partial charge in [-0.3, -0.25) is 0 Å². The van der Waals surface area contributed by atoms with Gasteiger partial charge in [-0.1, -0.05) is 18.6 Å². The Bertz CT molecular complexity index is 439. The standard InChI is InChI=1S/C12H13FN2/c13-10-6-2-4-8-7-3-1-5-9(7)12(14)15-11(8)10/h2,4,6-7,9H,1,3,5H2,(H2,14,15)/t7-,9-/m1/s1. The summed E-state index contributed by atoms with van der Waals surface area (Å²) >= 11 is 0. The van der Waals surface area contributed by atoms with Crippen molar-refractivity contribution in [2.45, 2.75) is 25.2 Å². The van der Waals surface area contributed by atoms with Gasteiger partial charge in [0.25, 0.3) is 0 Å². The van der Waals surface area contributed by atoms with Gasteiger partial charge in [0, 0.05) is 5.92 Å². The molecule has 3 heteroatoms. The van der Waals surface area contributed by atoms with E-state index in [4.69, 9.17) is 5.73 Å². The van der Waals surface area contributed by atoms with E-state index in [1.54, 1.807) is 6.07 Å². The fourth-order valence-electron chi connectivity index (χ4n) is 2.85. The second-order valence-electron chi connectivity index (χ2n) is 4.36. The van der Waals surface area contributed by atoms with Gasteiger partial charge in [-0.05, 0) is 30.4 Å². The first-order chi connectivity index (χ1) is 7.27. The Hall–Kier alpha value is -1.38. The predicted octanol–water partition coefficient (Wildman–Crippen LogP) is 2.71. The zero-order valence-corrected chi connectivity index (χ0v) is 8.41. The second kappa shape index (κ2) is 3.05. The topological polar surface area (TPSA) is 38.4 Å². The average Bonchev–Trinajstić information content (AvgIpc) is 2.69. The maximum absolute atomic E-state index is 13.5. The van der Waals surface area contributed by atoms with Crippen molar-refractivity contribution in [2.75, 3.05) is 0 Å². The number of aliphatic imine (C=N–C) groups is 1. The molecule has 1 saturated carbocycles. The van der Waals surface area contributed by atoms with Crippen molar-refractivity contribution >= 4 is 11.5 Å². The highest BCUT2D eigenvalue weighted by Gasteiger charge is 2.36. The van der Waals surface area contributed by atoms with Crippen LogP contribution >= 0.6 is 0 Å². The van der Waals surface area contributed by atoms with E-state index in [2.05, 4.69) is 4.99 Å². The van der Waals surface area contributed by atoms with Crippen LogP contribution in [0.2, 0.25) is 0 Å². The summed E-state index contributed by atoms with van der Waals surface area (Å²) in [7, 11) is 0. The lowest BCUT2D eigenvalue weighted by molar-refractivity contribution is 0.585. The summed E-state index contributed by atoms with van der Waals surface area (Å²) in [5.74, 6) is 1.11. The third-order valence-electron chi connectivity index (χ3n) is 3.55. The summed E-state index contributed by atoms with van der Waals surface area (Å²) < 4.78 is 13.5. The zero-order valence-electron chi connectivity index (χ0n) is 8.41. The van der Waals surface area contributed by atoms with Crippen molar-refractivity contribution in [3.63, 3.8) is 0 Å². The lowest BCUT2D eigenvalue weighted by Crippen LogP contribution is -2.28. The third-order valence-corrected chi connectivity index (χ3v) is 3.55.